The van der Waals surface area contributed by atoms with Crippen LogP contribution in [0.15, 0.2) is 48.8 Å². The van der Waals surface area contributed by atoms with Crippen LogP contribution in [0.1, 0.15) is 10.4 Å². The van der Waals surface area contributed by atoms with E-state index in [0.717, 1.165) is 12.1 Å². The molecule has 0 saturated carbocycles. The predicted octanol–water partition coefficient (Wildman–Crippen LogP) is 3.00. The van der Waals surface area contributed by atoms with Crippen LogP contribution in [-0.2, 0) is 0 Å². The molecule has 1 aromatic heterocycles. The first-order valence-corrected chi connectivity index (χ1v) is 6.36. The van der Waals surface area contributed by atoms with Crippen LogP contribution < -0.4 is 5.32 Å². The molecule has 3 rings (SSSR count). The minimum Gasteiger partial charge on any atom is -0.322 e. The Labute approximate surface area is 124 Å². The van der Waals surface area contributed by atoms with Gasteiger partial charge in [0.25, 0.3) is 5.91 Å². The number of amides is 1. The van der Waals surface area contributed by atoms with Crippen LogP contribution in [0, 0.1) is 11.6 Å². The van der Waals surface area contributed by atoms with Crippen molar-refractivity contribution in [3.63, 3.8) is 0 Å². The number of nitrogens with zero attached hydrogens (tertiary/aromatic N) is 2. The Hall–Kier alpha value is -3.09. The summed E-state index contributed by atoms with van der Waals surface area (Å²) < 4.78 is 27.2. The second-order valence-electron chi connectivity index (χ2n) is 4.47. The standard InChI is InChI=1S/C15H10F2N4O/c16-11-5-2-6-12(17)13(11)15(22)20-10-4-1-3-9(7-10)14-18-8-19-21-14/h1-8H,(H,20,22)(H,18,19,21). The molecule has 0 aliphatic rings. The number of hydrogen-bond acceptors (Lipinski definition) is 3. The van der Waals surface area contributed by atoms with Crippen LogP contribution >= 0.6 is 0 Å². The van der Waals surface area contributed by atoms with Gasteiger partial charge in [-0.2, -0.15) is 5.10 Å². The first-order valence-electron chi connectivity index (χ1n) is 6.36. The summed E-state index contributed by atoms with van der Waals surface area (Å²) in [6.07, 6.45) is 1.36. The monoisotopic (exact) mass is 300 g/mol. The number of nitrogens with one attached hydrogen (secondary N) is 2. The zero-order valence-electron chi connectivity index (χ0n) is 11.2. The summed E-state index contributed by atoms with van der Waals surface area (Å²) in [5, 5.41) is 8.89. The van der Waals surface area contributed by atoms with Crippen LogP contribution in [0.4, 0.5) is 14.5 Å². The number of H-pyrrole nitrogens is 1. The topological polar surface area (TPSA) is 70.7 Å². The van der Waals surface area contributed by atoms with Crippen molar-refractivity contribution in [1.82, 2.24) is 15.2 Å². The fourth-order valence-corrected chi connectivity index (χ4v) is 2.00. The fraction of sp³-hybridized carbons (Fsp3) is 0. The Morgan fingerprint density at radius 1 is 1.09 bits per heavy atom. The molecule has 2 aromatic carbocycles. The lowest BCUT2D eigenvalue weighted by atomic mass is 10.1. The molecular weight excluding hydrogens is 290 g/mol. The third-order valence-electron chi connectivity index (χ3n) is 3.00. The summed E-state index contributed by atoms with van der Waals surface area (Å²) in [6.45, 7) is 0. The third-order valence-corrected chi connectivity index (χ3v) is 3.00. The maximum absolute atomic E-state index is 13.6. The van der Waals surface area contributed by atoms with Gasteiger partial charge in [0.05, 0.1) is 0 Å². The van der Waals surface area contributed by atoms with Gasteiger partial charge in [0.2, 0.25) is 0 Å². The Kier molecular flexibility index (Phi) is 3.61. The summed E-state index contributed by atoms with van der Waals surface area (Å²) in [4.78, 5) is 16.0. The Morgan fingerprint density at radius 2 is 1.82 bits per heavy atom. The molecular formula is C15H10F2N4O. The van der Waals surface area contributed by atoms with Gasteiger partial charge in [-0.25, -0.2) is 13.8 Å². The molecule has 0 aliphatic heterocycles. The Bertz CT molecular complexity index is 798. The van der Waals surface area contributed by atoms with Crippen LogP contribution in [0.5, 0.6) is 0 Å². The van der Waals surface area contributed by atoms with Crippen LogP contribution in [-0.4, -0.2) is 21.1 Å². The van der Waals surface area contributed by atoms with Gasteiger partial charge in [0, 0.05) is 11.3 Å². The summed E-state index contributed by atoms with van der Waals surface area (Å²) in [6, 6.07) is 9.94. The van der Waals surface area contributed by atoms with Crippen molar-refractivity contribution in [3.8, 4) is 11.4 Å². The molecule has 3 aromatic rings. The van der Waals surface area contributed by atoms with E-state index in [2.05, 4.69) is 20.5 Å². The molecule has 1 amide bonds. The van der Waals surface area contributed by atoms with E-state index in [4.69, 9.17) is 0 Å². The molecule has 2 N–H and O–H groups in total. The van der Waals surface area contributed by atoms with E-state index in [1.54, 1.807) is 24.3 Å². The van der Waals surface area contributed by atoms with Crippen molar-refractivity contribution < 1.29 is 13.6 Å². The number of aromatic nitrogens is 3. The van der Waals surface area contributed by atoms with Gasteiger partial charge in [0.15, 0.2) is 5.82 Å². The van der Waals surface area contributed by atoms with E-state index >= 15 is 0 Å². The second kappa shape index (κ2) is 5.72. The zero-order valence-corrected chi connectivity index (χ0v) is 11.2. The fourth-order valence-electron chi connectivity index (χ4n) is 2.00. The maximum atomic E-state index is 13.6. The number of carbonyl (C=O) groups excluding carboxylic acids is 1. The molecule has 22 heavy (non-hydrogen) atoms. The minimum absolute atomic E-state index is 0.390. The summed E-state index contributed by atoms with van der Waals surface area (Å²) in [5.41, 5.74) is 0.457. The van der Waals surface area contributed by atoms with Crippen molar-refractivity contribution in [2.45, 2.75) is 0 Å². The summed E-state index contributed by atoms with van der Waals surface area (Å²) in [5.74, 6) is -2.16. The van der Waals surface area contributed by atoms with E-state index in [1.165, 1.54) is 12.4 Å². The van der Waals surface area contributed by atoms with Gasteiger partial charge < -0.3 is 5.32 Å². The van der Waals surface area contributed by atoms with Gasteiger partial charge in [-0.3, -0.25) is 9.89 Å². The number of halogens is 2. The molecule has 7 heteroatoms. The smallest absolute Gasteiger partial charge is 0.261 e. The second-order valence-corrected chi connectivity index (χ2v) is 4.47. The van der Waals surface area contributed by atoms with Gasteiger partial charge >= 0.3 is 0 Å². The molecule has 5 nitrogen and oxygen atoms in total. The van der Waals surface area contributed by atoms with E-state index in [-0.39, 0.29) is 0 Å². The van der Waals surface area contributed by atoms with Crippen LogP contribution in [0.2, 0.25) is 0 Å². The number of anilines is 1. The van der Waals surface area contributed by atoms with Crippen LogP contribution in [0.3, 0.4) is 0 Å². The number of rotatable bonds is 3. The van der Waals surface area contributed by atoms with Gasteiger partial charge in [-0.05, 0) is 24.3 Å². The molecule has 0 bridgehead atoms. The number of aromatic amines is 1. The number of hydrogen-bond donors (Lipinski definition) is 2. The Balaban J connectivity index is 1.87. The average Bonchev–Trinajstić information content (AvgIpc) is 3.01. The molecule has 0 aliphatic carbocycles. The van der Waals surface area contributed by atoms with E-state index in [0.29, 0.717) is 17.1 Å². The lowest BCUT2D eigenvalue weighted by Gasteiger charge is -2.08. The third kappa shape index (κ3) is 2.69. The molecule has 0 spiro atoms. The lowest BCUT2D eigenvalue weighted by Crippen LogP contribution is -2.15. The van der Waals surface area contributed by atoms with Crippen molar-refractivity contribution in [1.29, 1.82) is 0 Å². The first kappa shape index (κ1) is 13.9. The van der Waals surface area contributed by atoms with Gasteiger partial charge in [-0.15, -0.1) is 0 Å². The minimum atomic E-state index is -0.913. The lowest BCUT2D eigenvalue weighted by molar-refractivity contribution is 0.101. The highest BCUT2D eigenvalue weighted by Gasteiger charge is 2.17. The highest BCUT2D eigenvalue weighted by atomic mass is 19.1. The summed E-state index contributed by atoms with van der Waals surface area (Å²) >= 11 is 0. The molecule has 0 fully saturated rings. The highest BCUT2D eigenvalue weighted by molar-refractivity contribution is 6.04. The van der Waals surface area contributed by atoms with Gasteiger partial charge in [-0.1, -0.05) is 18.2 Å². The molecule has 0 atom stereocenters. The normalized spacial score (nSPS) is 10.5. The van der Waals surface area contributed by atoms with Crippen molar-refractivity contribution in [3.05, 3.63) is 66.0 Å². The quantitative estimate of drug-likeness (QED) is 0.781. The predicted molar refractivity (Wildman–Crippen MR) is 76.1 cm³/mol. The highest BCUT2D eigenvalue weighted by Crippen LogP contribution is 2.20. The summed E-state index contributed by atoms with van der Waals surface area (Å²) in [7, 11) is 0. The molecule has 110 valence electrons. The van der Waals surface area contributed by atoms with E-state index in [9.17, 15) is 13.6 Å². The Morgan fingerprint density at radius 3 is 2.50 bits per heavy atom. The van der Waals surface area contributed by atoms with Crippen molar-refractivity contribution in [2.75, 3.05) is 5.32 Å². The van der Waals surface area contributed by atoms with E-state index < -0.39 is 23.1 Å². The molecule has 1 heterocycles. The molecule has 0 radical (unpaired) electrons. The largest absolute Gasteiger partial charge is 0.322 e. The molecule has 0 saturated heterocycles. The number of benzene rings is 2. The number of carbonyl (C=O) groups is 1. The molecule has 0 unspecified atom stereocenters. The first-order chi connectivity index (χ1) is 10.6. The van der Waals surface area contributed by atoms with Crippen molar-refractivity contribution >= 4 is 11.6 Å². The average molecular weight is 300 g/mol. The van der Waals surface area contributed by atoms with E-state index in [1.807, 2.05) is 0 Å². The van der Waals surface area contributed by atoms with Crippen LogP contribution in [0.25, 0.3) is 11.4 Å². The zero-order chi connectivity index (χ0) is 15.5. The maximum Gasteiger partial charge on any atom is 0.261 e. The SMILES string of the molecule is O=C(Nc1cccc(-c2ncn[nH]2)c1)c1c(F)cccc1F. The van der Waals surface area contributed by atoms with Gasteiger partial charge in [0.1, 0.15) is 23.5 Å². The van der Waals surface area contributed by atoms with Crippen molar-refractivity contribution in [2.24, 2.45) is 0 Å².